The van der Waals surface area contributed by atoms with Gasteiger partial charge in [0.05, 0.1) is 21.9 Å². The van der Waals surface area contributed by atoms with Crippen molar-refractivity contribution in [1.29, 1.82) is 0 Å². The highest BCUT2D eigenvalue weighted by atomic mass is 32.2. The fourth-order valence-electron chi connectivity index (χ4n) is 10.6. The normalized spacial score (nSPS) is 27.1. The third kappa shape index (κ3) is 9.29. The lowest BCUT2D eigenvalue weighted by Gasteiger charge is -2.45. The second kappa shape index (κ2) is 17.8. The van der Waals surface area contributed by atoms with Crippen LogP contribution in [0.3, 0.4) is 0 Å². The standard InChI is InChI=1S/2C24H27FN2O4S/c2*1-32(29,30)20-6-7-21-18(14-20)10-13-27(23(21)17-2-4-19(25)5-3-17)24(28)31-22-15-26-11-8-16(22)9-12-26/h2*2-7,14,16,22-23H,8-13,15H2,1H3/t22-,23+;22-,23-/m11/s1. The lowest BCUT2D eigenvalue weighted by molar-refractivity contribution is -0.0465. The Kier molecular flexibility index (Phi) is 12.3. The van der Waals surface area contributed by atoms with E-state index >= 15 is 0 Å². The minimum atomic E-state index is -3.34. The smallest absolute Gasteiger partial charge is 0.410 e. The maximum absolute atomic E-state index is 13.6. The molecule has 8 aliphatic heterocycles. The highest BCUT2D eigenvalue weighted by Crippen LogP contribution is 2.40. The van der Waals surface area contributed by atoms with Crippen molar-refractivity contribution in [2.45, 2.75) is 72.6 Å². The predicted octanol–water partition coefficient (Wildman–Crippen LogP) is 6.82. The first-order chi connectivity index (χ1) is 30.6. The van der Waals surface area contributed by atoms with Gasteiger partial charge in [-0.05, 0) is 158 Å². The molecule has 6 fully saturated rings. The first-order valence-electron chi connectivity index (χ1n) is 22.1. The zero-order chi connectivity index (χ0) is 44.9. The molecule has 64 heavy (non-hydrogen) atoms. The van der Waals surface area contributed by atoms with Gasteiger partial charge in [-0.3, -0.25) is 19.6 Å². The molecule has 4 aromatic carbocycles. The zero-order valence-electron chi connectivity index (χ0n) is 36.1. The van der Waals surface area contributed by atoms with E-state index in [0.717, 1.165) is 98.3 Å². The maximum atomic E-state index is 13.6. The van der Waals surface area contributed by atoms with Crippen LogP contribution in [-0.2, 0) is 42.0 Å². The lowest BCUT2D eigenvalue weighted by Crippen LogP contribution is -2.53. The van der Waals surface area contributed by atoms with E-state index in [9.17, 15) is 35.2 Å². The largest absolute Gasteiger partial charge is 0.444 e. The molecule has 340 valence electrons. The highest BCUT2D eigenvalue weighted by Gasteiger charge is 2.42. The van der Waals surface area contributed by atoms with Gasteiger partial charge in [0.15, 0.2) is 19.7 Å². The Morgan fingerprint density at radius 2 is 0.891 bits per heavy atom. The van der Waals surface area contributed by atoms with Gasteiger partial charge in [-0.2, -0.15) is 0 Å². The SMILES string of the molecule is CS(=O)(=O)c1ccc2c(c1)CCN(C(=O)O[C@@H]1CN3CCC1CC3)[C@@H]2c1ccc(F)cc1.CS(=O)(=O)c1ccc2c(c1)CCN(C(=O)O[C@@H]1CN3CCC1CC3)[C@H]2c1ccc(F)cc1. The molecule has 4 atom stereocenters. The van der Waals surface area contributed by atoms with Crippen LogP contribution in [0.4, 0.5) is 18.4 Å². The average molecular weight is 917 g/mol. The van der Waals surface area contributed by atoms with Crippen molar-refractivity contribution < 1.29 is 44.7 Å². The van der Waals surface area contributed by atoms with Gasteiger partial charge >= 0.3 is 12.2 Å². The summed E-state index contributed by atoms with van der Waals surface area (Å²) in [5.41, 5.74) is 5.00. The number of halogens is 2. The number of ether oxygens (including phenoxy) is 2. The minimum Gasteiger partial charge on any atom is -0.444 e. The number of carbonyl (C=O) groups is 2. The van der Waals surface area contributed by atoms with Crippen molar-refractivity contribution >= 4 is 31.9 Å². The zero-order valence-corrected chi connectivity index (χ0v) is 37.7. The maximum Gasteiger partial charge on any atom is 0.410 e. The Balaban J connectivity index is 0.000000162. The summed E-state index contributed by atoms with van der Waals surface area (Å²) in [6.07, 6.45) is 6.71. The molecule has 0 N–H and O–H groups in total. The Bertz CT molecular complexity index is 2440. The van der Waals surface area contributed by atoms with E-state index in [-0.39, 0.29) is 45.8 Å². The van der Waals surface area contributed by atoms with Crippen molar-refractivity contribution in [3.63, 3.8) is 0 Å². The van der Waals surface area contributed by atoms with E-state index < -0.39 is 31.8 Å². The number of sulfone groups is 2. The summed E-state index contributed by atoms with van der Waals surface area (Å²) in [7, 11) is -6.68. The summed E-state index contributed by atoms with van der Waals surface area (Å²) in [4.78, 5) is 35.3. The number of rotatable bonds is 6. The molecule has 0 aliphatic carbocycles. The van der Waals surface area contributed by atoms with Crippen LogP contribution in [0.5, 0.6) is 0 Å². The van der Waals surface area contributed by atoms with Crippen molar-refractivity contribution in [2.24, 2.45) is 11.8 Å². The van der Waals surface area contributed by atoms with Gasteiger partial charge in [0, 0.05) is 38.7 Å². The van der Waals surface area contributed by atoms with Crippen molar-refractivity contribution in [1.82, 2.24) is 19.6 Å². The molecule has 4 aromatic rings. The number of hydrogen-bond donors (Lipinski definition) is 0. The number of carbonyl (C=O) groups excluding carboxylic acids is 2. The van der Waals surface area contributed by atoms with Crippen LogP contribution in [0.15, 0.2) is 94.7 Å². The molecule has 16 heteroatoms. The van der Waals surface area contributed by atoms with Gasteiger partial charge < -0.3 is 9.47 Å². The van der Waals surface area contributed by atoms with Crippen molar-refractivity contribution in [3.8, 4) is 0 Å². The van der Waals surface area contributed by atoms with Crippen molar-refractivity contribution in [2.75, 3.05) is 64.9 Å². The first-order valence-corrected chi connectivity index (χ1v) is 25.9. The molecule has 8 heterocycles. The number of benzene rings is 4. The Hall–Kier alpha value is -4.90. The Labute approximate surface area is 374 Å². The van der Waals surface area contributed by atoms with E-state index in [0.29, 0.717) is 37.8 Å². The summed E-state index contributed by atoms with van der Waals surface area (Å²) in [5.74, 6) is 0.113. The molecule has 0 unspecified atom stereocenters. The number of piperidine rings is 6. The lowest BCUT2D eigenvalue weighted by atomic mass is 9.86. The van der Waals surface area contributed by atoms with Gasteiger partial charge in [-0.25, -0.2) is 35.2 Å². The van der Waals surface area contributed by atoms with E-state index in [2.05, 4.69) is 9.80 Å². The van der Waals surface area contributed by atoms with Gasteiger partial charge in [-0.15, -0.1) is 0 Å². The second-order valence-corrected chi connectivity index (χ2v) is 22.2. The Morgan fingerprint density at radius 1 is 0.531 bits per heavy atom. The molecule has 8 aliphatic rings. The fraction of sp³-hybridized carbons (Fsp3) is 0.458. The molecule has 0 radical (unpaired) electrons. The summed E-state index contributed by atoms with van der Waals surface area (Å²) < 4.78 is 87.4. The van der Waals surface area contributed by atoms with Crippen LogP contribution < -0.4 is 0 Å². The molecular weight excluding hydrogens is 863 g/mol. The first kappa shape index (κ1) is 44.3. The van der Waals surface area contributed by atoms with Crippen LogP contribution >= 0.6 is 0 Å². The number of fused-ring (bicyclic) bond motifs is 8. The third-order valence-corrected chi connectivity index (χ3v) is 16.3. The summed E-state index contributed by atoms with van der Waals surface area (Å²) in [6.45, 7) is 6.63. The van der Waals surface area contributed by atoms with E-state index in [4.69, 9.17) is 9.47 Å². The van der Waals surface area contributed by atoms with Crippen molar-refractivity contribution in [3.05, 3.63) is 130 Å². The van der Waals surface area contributed by atoms with Crippen LogP contribution in [0.2, 0.25) is 0 Å². The number of hydrogen-bond acceptors (Lipinski definition) is 10. The molecule has 12 nitrogen and oxygen atoms in total. The predicted molar refractivity (Wildman–Crippen MR) is 235 cm³/mol. The number of amides is 2. The van der Waals surface area contributed by atoms with Crippen LogP contribution in [0.1, 0.15) is 71.1 Å². The molecule has 6 saturated heterocycles. The average Bonchev–Trinajstić information content (AvgIpc) is 3.29. The minimum absolute atomic E-state index is 0.104. The monoisotopic (exact) mass is 916 g/mol. The van der Waals surface area contributed by atoms with Crippen LogP contribution in [-0.4, -0.2) is 126 Å². The highest BCUT2D eigenvalue weighted by molar-refractivity contribution is 7.91. The van der Waals surface area contributed by atoms with Gasteiger partial charge in [-0.1, -0.05) is 36.4 Å². The molecule has 0 aromatic heterocycles. The molecule has 0 saturated carbocycles. The molecule has 2 amide bonds. The van der Waals surface area contributed by atoms with Crippen LogP contribution in [0.25, 0.3) is 0 Å². The fourth-order valence-corrected chi connectivity index (χ4v) is 11.9. The third-order valence-electron chi connectivity index (χ3n) is 14.1. The molecule has 12 rings (SSSR count). The van der Waals surface area contributed by atoms with Crippen LogP contribution in [0, 0.1) is 23.5 Å². The topological polar surface area (TPSA) is 134 Å². The van der Waals surface area contributed by atoms with E-state index in [1.54, 1.807) is 70.5 Å². The number of nitrogens with zero attached hydrogens (tertiary/aromatic N) is 4. The van der Waals surface area contributed by atoms with Gasteiger partial charge in [0.1, 0.15) is 23.8 Å². The quantitative estimate of drug-likeness (QED) is 0.203. The van der Waals surface area contributed by atoms with Gasteiger partial charge in [0.2, 0.25) is 0 Å². The van der Waals surface area contributed by atoms with E-state index in [1.165, 1.54) is 36.8 Å². The van der Waals surface area contributed by atoms with Gasteiger partial charge in [0.25, 0.3) is 0 Å². The molecular formula is C48H54F2N4O8S2. The van der Waals surface area contributed by atoms with E-state index in [1.807, 2.05) is 0 Å². The summed E-state index contributed by atoms with van der Waals surface area (Å²) >= 11 is 0. The second-order valence-electron chi connectivity index (χ2n) is 18.2. The summed E-state index contributed by atoms with van der Waals surface area (Å²) in [6, 6.07) is 21.4. The molecule has 0 spiro atoms. The molecule has 4 bridgehead atoms. The Morgan fingerprint density at radius 3 is 1.20 bits per heavy atom. The summed E-state index contributed by atoms with van der Waals surface area (Å²) in [5, 5.41) is 0.